The van der Waals surface area contributed by atoms with Gasteiger partial charge in [0.2, 0.25) is 0 Å². The largest absolute Gasteiger partial charge is 0.452 e. The molecule has 0 aliphatic rings. The molecule has 12 heteroatoms. The summed E-state index contributed by atoms with van der Waals surface area (Å²) in [6.45, 7) is 0. The molecule has 0 spiro atoms. The summed E-state index contributed by atoms with van der Waals surface area (Å²) in [6, 6.07) is 184. The van der Waals surface area contributed by atoms with E-state index in [9.17, 15) is 0 Å². The van der Waals surface area contributed by atoms with Crippen LogP contribution in [-0.2, 0) is 0 Å². The first-order valence-corrected chi connectivity index (χ1v) is 50.7. The van der Waals surface area contributed by atoms with Gasteiger partial charge in [0.25, 0.3) is 0 Å². The molecule has 700 valence electrons. The summed E-state index contributed by atoms with van der Waals surface area (Å²) in [5, 5.41) is 13.3. The molecule has 0 bridgehead atoms. The van der Waals surface area contributed by atoms with Crippen molar-refractivity contribution in [3.05, 3.63) is 522 Å². The van der Waals surface area contributed by atoms with Crippen molar-refractivity contribution < 1.29 is 8.83 Å². The maximum Gasteiger partial charge on any atom is 0.164 e. The normalized spacial score (nSPS) is 11.7. The van der Waals surface area contributed by atoms with Crippen LogP contribution in [0, 0.1) is 0 Å². The van der Waals surface area contributed by atoms with E-state index in [4.69, 9.17) is 38.7 Å². The first-order chi connectivity index (χ1) is 74.4. The maximum atomic E-state index is 7.43. The van der Waals surface area contributed by atoms with Gasteiger partial charge >= 0.3 is 0 Å². The average molecular weight is 1920 g/mol. The Morgan fingerprint density at radius 3 is 0.653 bits per heavy atom. The highest BCUT2D eigenvalue weighted by Gasteiger charge is 2.29. The molecule has 0 atom stereocenters. The second kappa shape index (κ2) is 35.9. The minimum absolute atomic E-state index is 0.577. The van der Waals surface area contributed by atoms with Crippen molar-refractivity contribution in [1.82, 2.24) is 48.2 Å². The molecule has 0 amide bonds. The third-order valence-electron chi connectivity index (χ3n) is 29.5. The second-order valence-corrected chi connectivity index (χ2v) is 38.3. The molecule has 0 saturated heterocycles. The standard InChI is InChI=1S/2C69H43N5O/c1-4-18-44(19-5-1)47-24-14-27-50(40-47)67-70-68(51-28-15-25-48(41-51)45-20-6-2-7-21-45)72-69(71-67)52-29-17-31-54(43-52)74-62-35-13-11-33-56(62)58-37-39-60-59-38-36-57-55-32-10-12-34-61(55)73(63(57)65(59)75-66(60)64(58)74)53-30-16-26-49(42-53)46-22-8-3-9-23-46;1-4-18-44(19-5-1)46-34-36-48(37-35-46)67-70-68(72-69(71-67)60-31-11-10-28-53(60)47-22-8-3-9-23-47)50-25-17-27-52(43-50)74-62-33-15-13-30-55(62)57-39-41-59-58-40-38-56-54-29-12-14-32-61(54)73(63(56)65(58)75-66(59)64(57)74)51-26-16-24-49(42-51)45-20-6-2-7-21-45/h2*1-43H. The minimum Gasteiger partial charge on any atom is -0.452 e. The van der Waals surface area contributed by atoms with E-state index in [2.05, 4.69) is 516 Å². The Morgan fingerprint density at radius 1 is 0.127 bits per heavy atom. The van der Waals surface area contributed by atoms with Gasteiger partial charge in [-0.25, -0.2) is 29.9 Å². The number of fused-ring (bicyclic) bond motifs is 22. The fourth-order valence-corrected chi connectivity index (χ4v) is 22.6. The van der Waals surface area contributed by atoms with Crippen LogP contribution in [0.4, 0.5) is 0 Å². The molecule has 0 unspecified atom stereocenters. The number of para-hydroxylation sites is 4. The van der Waals surface area contributed by atoms with Crippen LogP contribution >= 0.6 is 0 Å². The van der Waals surface area contributed by atoms with Gasteiger partial charge in [-0.3, -0.25) is 0 Å². The Kier molecular flexibility index (Phi) is 20.7. The quantitative estimate of drug-likeness (QED) is 0.0937. The van der Waals surface area contributed by atoms with Crippen LogP contribution in [-0.4, -0.2) is 48.2 Å². The first kappa shape index (κ1) is 86.3. The Balaban J connectivity index is 0.000000141. The second-order valence-electron chi connectivity index (χ2n) is 38.3. The van der Waals surface area contributed by atoms with E-state index in [1.165, 1.54) is 21.9 Å². The Morgan fingerprint density at radius 2 is 0.333 bits per heavy atom. The molecule has 0 fully saturated rings. The van der Waals surface area contributed by atoms with Crippen molar-refractivity contribution in [2.24, 2.45) is 0 Å². The van der Waals surface area contributed by atoms with Gasteiger partial charge in [-0.15, -0.1) is 0 Å². The van der Waals surface area contributed by atoms with Gasteiger partial charge in [0.05, 0.1) is 44.1 Å². The zero-order valence-corrected chi connectivity index (χ0v) is 80.9. The molecule has 12 nitrogen and oxygen atoms in total. The minimum atomic E-state index is 0.577. The maximum absolute atomic E-state index is 7.43. The molecule has 30 aromatic rings. The Hall–Kier alpha value is -20.3. The van der Waals surface area contributed by atoms with Crippen LogP contribution in [0.15, 0.2) is 531 Å². The third kappa shape index (κ3) is 14.7. The zero-order chi connectivity index (χ0) is 98.8. The van der Waals surface area contributed by atoms with E-state index < -0.39 is 0 Å². The van der Waals surface area contributed by atoms with E-state index >= 15 is 0 Å². The highest BCUT2D eigenvalue weighted by molar-refractivity contribution is 6.29. The topological polar surface area (TPSA) is 123 Å². The molecular formula is C138H86N10O2. The molecular weight excluding hydrogens is 1830 g/mol. The molecule has 22 aromatic carbocycles. The van der Waals surface area contributed by atoms with Crippen molar-refractivity contribution in [2.45, 2.75) is 0 Å². The highest BCUT2D eigenvalue weighted by Crippen LogP contribution is 2.50. The summed E-state index contributed by atoms with van der Waals surface area (Å²) in [7, 11) is 0. The van der Waals surface area contributed by atoms with Crippen molar-refractivity contribution in [3.8, 4) is 158 Å². The van der Waals surface area contributed by atoms with Gasteiger partial charge in [-0.2, -0.15) is 0 Å². The van der Waals surface area contributed by atoms with E-state index in [1.807, 2.05) is 24.3 Å². The fraction of sp³-hybridized carbons (Fsp3) is 0. The van der Waals surface area contributed by atoms with Crippen LogP contribution in [0.1, 0.15) is 0 Å². The van der Waals surface area contributed by atoms with Gasteiger partial charge in [-0.1, -0.05) is 413 Å². The molecule has 150 heavy (non-hydrogen) atoms. The number of benzene rings is 22. The molecule has 0 N–H and O–H groups in total. The molecule has 8 heterocycles. The van der Waals surface area contributed by atoms with Crippen molar-refractivity contribution in [3.63, 3.8) is 0 Å². The Bertz CT molecular complexity index is 10500. The summed E-state index contributed by atoms with van der Waals surface area (Å²) in [6.07, 6.45) is 0. The van der Waals surface area contributed by atoms with Crippen LogP contribution in [0.3, 0.4) is 0 Å². The van der Waals surface area contributed by atoms with Gasteiger partial charge in [-0.05, 0) is 176 Å². The van der Waals surface area contributed by atoms with Gasteiger partial charge in [0.15, 0.2) is 57.3 Å². The first-order valence-electron chi connectivity index (χ1n) is 50.7. The predicted octanol–water partition coefficient (Wildman–Crippen LogP) is 35.9. The summed E-state index contributed by atoms with van der Waals surface area (Å²) < 4.78 is 24.3. The number of hydrogen-bond donors (Lipinski definition) is 0. The Labute approximate surface area is 861 Å². The summed E-state index contributed by atoms with van der Waals surface area (Å²) >= 11 is 0. The average Bonchev–Trinajstić information content (AvgIpc) is 1.54. The molecule has 0 aliphatic heterocycles. The van der Waals surface area contributed by atoms with Crippen LogP contribution in [0.25, 0.3) is 289 Å². The lowest BCUT2D eigenvalue weighted by Gasteiger charge is -2.13. The van der Waals surface area contributed by atoms with E-state index in [1.54, 1.807) is 0 Å². The van der Waals surface area contributed by atoms with Gasteiger partial charge in [0.1, 0.15) is 0 Å². The number of hydrogen-bond acceptors (Lipinski definition) is 8. The molecule has 0 radical (unpaired) electrons. The summed E-state index contributed by atoms with van der Waals surface area (Å²) in [4.78, 5) is 31.6. The lowest BCUT2D eigenvalue weighted by molar-refractivity contribution is 0.673. The van der Waals surface area contributed by atoms with Gasteiger partial charge < -0.3 is 27.1 Å². The third-order valence-corrected chi connectivity index (χ3v) is 29.5. The van der Waals surface area contributed by atoms with Crippen LogP contribution in [0.2, 0.25) is 0 Å². The molecule has 0 aliphatic carbocycles. The lowest BCUT2D eigenvalue weighted by Crippen LogP contribution is -2.02. The number of aromatic nitrogens is 10. The predicted molar refractivity (Wildman–Crippen MR) is 617 cm³/mol. The lowest BCUT2D eigenvalue weighted by atomic mass is 9.99. The highest BCUT2D eigenvalue weighted by atomic mass is 16.3. The SMILES string of the molecule is c1ccc(-c2ccc(-c3nc(-c4cccc(-n5c6ccccc6c6ccc7c8ccc9c%10ccccc%10n(-c%10cccc(-c%11ccccc%11)c%10)c9c8oc7c65)c4)nc(-c4ccccc4-c4ccccc4)n3)cc2)cc1.c1ccc(-c2cccc(-c3nc(-c4cccc(-c5ccccc5)c4)nc(-c4cccc(-n5c6ccccc6c6ccc7c8ccc9c%10ccccc%10n(-c%10cccc(-c%11ccccc%11)c%10)c9c8oc7c65)c4)n3)c2)cc1. The smallest absolute Gasteiger partial charge is 0.164 e. The van der Waals surface area contributed by atoms with E-state index in [0.29, 0.717) is 34.9 Å². The number of nitrogens with zero attached hydrogens (tertiary/aromatic N) is 10. The van der Waals surface area contributed by atoms with Crippen LogP contribution < -0.4 is 0 Å². The van der Waals surface area contributed by atoms with Crippen molar-refractivity contribution >= 4 is 131 Å². The van der Waals surface area contributed by atoms with Crippen molar-refractivity contribution in [2.75, 3.05) is 0 Å². The number of rotatable bonds is 16. The summed E-state index contributed by atoms with van der Waals surface area (Å²) in [5.74, 6) is 3.54. The van der Waals surface area contributed by atoms with Crippen molar-refractivity contribution in [1.29, 1.82) is 0 Å². The molecule has 0 saturated carbocycles. The zero-order valence-electron chi connectivity index (χ0n) is 80.9. The van der Waals surface area contributed by atoms with E-state index in [-0.39, 0.29) is 0 Å². The van der Waals surface area contributed by atoms with Gasteiger partial charge in [0, 0.05) is 121 Å². The molecule has 8 aromatic heterocycles. The monoisotopic (exact) mass is 1910 g/mol. The fourth-order valence-electron chi connectivity index (χ4n) is 22.6. The molecule has 30 rings (SSSR count). The number of furan rings is 2. The summed E-state index contributed by atoms with van der Waals surface area (Å²) in [5.41, 5.74) is 34.8. The van der Waals surface area contributed by atoms with E-state index in [0.717, 1.165) is 232 Å². The van der Waals surface area contributed by atoms with Crippen LogP contribution in [0.5, 0.6) is 0 Å².